The molecule has 0 aromatic rings. The summed E-state index contributed by atoms with van der Waals surface area (Å²) in [6.45, 7) is 5.60. The van der Waals surface area contributed by atoms with Crippen molar-refractivity contribution in [2.75, 3.05) is 6.52 Å². The minimum Gasteiger partial charge on any atom is -0.340 e. The Labute approximate surface area is 76.3 Å². The number of hydrogen-bond donors (Lipinski definition) is 0. The third kappa shape index (κ3) is 1.79. The molecule has 0 radical (unpaired) electrons. The second kappa shape index (κ2) is 3.92. The molecule has 0 aromatic heterocycles. The van der Waals surface area contributed by atoms with Crippen molar-refractivity contribution < 1.29 is 6.17 Å². The zero-order valence-corrected chi connectivity index (χ0v) is 8.21. The minimum atomic E-state index is -0.292. The van der Waals surface area contributed by atoms with Crippen LogP contribution in [-0.2, 0) is 4.79 Å². The van der Waals surface area contributed by atoms with Crippen molar-refractivity contribution in [3.63, 3.8) is 0 Å². The van der Waals surface area contributed by atoms with Crippen molar-refractivity contribution in [1.82, 2.24) is 4.90 Å². The van der Waals surface area contributed by atoms with Crippen molar-refractivity contribution in [3.05, 3.63) is 0 Å². The monoisotopic (exact) mass is 171 g/mol. The molecule has 0 bridgehead atoms. The molecule has 12 heavy (non-hydrogen) atoms. The highest BCUT2D eigenvalue weighted by Crippen LogP contribution is 2.21. The topological polar surface area (TPSA) is 20.3 Å². The third-order valence-corrected chi connectivity index (χ3v) is 2.44. The molecule has 1 fully saturated rings. The van der Waals surface area contributed by atoms with Gasteiger partial charge in [-0.15, -0.1) is 0 Å². The van der Waals surface area contributed by atoms with E-state index in [9.17, 15) is 4.79 Å². The molecular weight excluding hydrogens is 150 g/mol. The molecule has 2 nitrogen and oxygen atoms in total. The van der Waals surface area contributed by atoms with Crippen LogP contribution < -0.4 is 0 Å². The van der Waals surface area contributed by atoms with Crippen LogP contribution in [0.3, 0.4) is 0 Å². The van der Waals surface area contributed by atoms with Crippen molar-refractivity contribution in [1.29, 1.82) is 0 Å². The fraction of sp³-hybridized carbons (Fsp3) is 0.900. The zero-order chi connectivity index (χ0) is 10.0. The fourth-order valence-electron chi connectivity index (χ4n) is 1.66. The number of carbonyl (C=O) groups excluding carboxylic acids is 1. The van der Waals surface area contributed by atoms with E-state index in [1.165, 1.54) is 0 Å². The van der Waals surface area contributed by atoms with E-state index in [1.807, 2.05) is 13.8 Å². The Hall–Kier alpha value is -0.530. The van der Waals surface area contributed by atoms with Gasteiger partial charge in [0.2, 0.25) is 5.91 Å². The van der Waals surface area contributed by atoms with Crippen LogP contribution in [0.1, 0.15) is 41.4 Å². The first-order valence-electron chi connectivity index (χ1n) is 5.40. The maximum atomic E-state index is 11.7. The van der Waals surface area contributed by atoms with Crippen molar-refractivity contribution in [3.8, 4) is 0 Å². The molecule has 0 aliphatic carbocycles. The summed E-state index contributed by atoms with van der Waals surface area (Å²) in [4.78, 5) is 13.5. The quantitative estimate of drug-likeness (QED) is 0.622. The van der Waals surface area contributed by atoms with Gasteiger partial charge in [0.15, 0.2) is 0 Å². The molecule has 0 spiro atoms. The molecule has 1 saturated heterocycles. The van der Waals surface area contributed by atoms with E-state index >= 15 is 0 Å². The first kappa shape index (κ1) is 8.09. The van der Waals surface area contributed by atoms with Gasteiger partial charge in [-0.05, 0) is 19.3 Å². The van der Waals surface area contributed by atoms with Gasteiger partial charge in [-0.25, -0.2) is 0 Å². The van der Waals surface area contributed by atoms with E-state index in [0.29, 0.717) is 6.04 Å². The number of likely N-dealkylation sites (tertiary alicyclic amines) is 1. The summed E-state index contributed by atoms with van der Waals surface area (Å²) in [6, 6.07) is 0.317. The van der Waals surface area contributed by atoms with Gasteiger partial charge in [-0.2, -0.15) is 0 Å². The standard InChI is InChI=1S/C10H19NO/c1-4-9-6-5-7-11(9)10(12)8(2)3/h8-9H,4-7H2,1-3H3/t9-/m0/s1/i7T/t7-,9+/m1. The smallest absolute Gasteiger partial charge is 0.225 e. The predicted molar refractivity (Wildman–Crippen MR) is 49.9 cm³/mol. The molecular formula is C10H19NO. The molecule has 1 aliphatic heterocycles. The van der Waals surface area contributed by atoms with Gasteiger partial charge in [0.1, 0.15) is 0 Å². The summed E-state index contributed by atoms with van der Waals surface area (Å²) in [5, 5.41) is 0. The van der Waals surface area contributed by atoms with Crippen LogP contribution >= 0.6 is 0 Å². The Bertz CT molecular complexity index is 193. The molecule has 1 rings (SSSR count). The van der Waals surface area contributed by atoms with E-state index in [0.717, 1.165) is 19.3 Å². The molecule has 2 atom stereocenters. The second-order valence-electron chi connectivity index (χ2n) is 3.72. The van der Waals surface area contributed by atoms with Gasteiger partial charge in [0.05, 0.1) is 0 Å². The Morgan fingerprint density at radius 1 is 1.75 bits per heavy atom. The van der Waals surface area contributed by atoms with Gasteiger partial charge in [0.25, 0.3) is 0 Å². The highest BCUT2D eigenvalue weighted by molar-refractivity contribution is 5.78. The Balaban J connectivity index is 2.69. The van der Waals surface area contributed by atoms with E-state index in [-0.39, 0.29) is 18.3 Å². The molecule has 1 aliphatic rings. The first-order chi connectivity index (χ1) is 6.07. The Morgan fingerprint density at radius 2 is 2.42 bits per heavy atom. The third-order valence-electron chi connectivity index (χ3n) is 2.44. The average Bonchev–Trinajstić information content (AvgIpc) is 2.45. The first-order valence-corrected chi connectivity index (χ1v) is 4.82. The summed E-state index contributed by atoms with van der Waals surface area (Å²) in [6.07, 6.45) is 2.83. The van der Waals surface area contributed by atoms with Crippen molar-refractivity contribution in [2.24, 2.45) is 5.92 Å². The van der Waals surface area contributed by atoms with E-state index in [4.69, 9.17) is 1.37 Å². The second-order valence-corrected chi connectivity index (χ2v) is 3.72. The number of amides is 1. The molecule has 1 heterocycles. The van der Waals surface area contributed by atoms with Gasteiger partial charge in [-0.3, -0.25) is 4.79 Å². The number of hydrogen-bond acceptors (Lipinski definition) is 1. The number of carbonyl (C=O) groups is 1. The van der Waals surface area contributed by atoms with Crippen LogP contribution in [0.15, 0.2) is 0 Å². The Kier molecular flexibility index (Phi) is 2.64. The van der Waals surface area contributed by atoms with Gasteiger partial charge >= 0.3 is 0 Å². The zero-order valence-electron chi connectivity index (χ0n) is 9.21. The summed E-state index contributed by atoms with van der Waals surface area (Å²) in [7, 11) is 0. The lowest BCUT2D eigenvalue weighted by atomic mass is 10.1. The molecule has 0 aromatic carbocycles. The maximum absolute atomic E-state index is 11.7. The lowest BCUT2D eigenvalue weighted by Gasteiger charge is -2.25. The molecule has 0 unspecified atom stereocenters. The summed E-state index contributed by atoms with van der Waals surface area (Å²) in [5.41, 5.74) is 0. The Morgan fingerprint density at radius 3 is 2.92 bits per heavy atom. The van der Waals surface area contributed by atoms with Crippen LogP contribution in [-0.4, -0.2) is 23.4 Å². The molecule has 0 saturated carbocycles. The summed E-state index contributed by atoms with van der Waals surface area (Å²) in [5.74, 6) is 0.171. The minimum absolute atomic E-state index is 0.0278. The average molecular weight is 171 g/mol. The highest BCUT2D eigenvalue weighted by Gasteiger charge is 2.28. The van der Waals surface area contributed by atoms with Crippen LogP contribution in [0.2, 0.25) is 0 Å². The molecule has 2 heteroatoms. The normalized spacial score (nSPS) is 31.0. The molecule has 70 valence electrons. The lowest BCUT2D eigenvalue weighted by Crippen LogP contribution is -2.37. The van der Waals surface area contributed by atoms with E-state index < -0.39 is 0 Å². The number of nitrogens with zero attached hydrogens (tertiary/aromatic N) is 1. The fourth-order valence-corrected chi connectivity index (χ4v) is 1.66. The van der Waals surface area contributed by atoms with Crippen molar-refractivity contribution in [2.45, 2.75) is 46.1 Å². The summed E-state index contributed by atoms with van der Waals surface area (Å²) < 4.78 is 7.75. The predicted octanol–water partition coefficient (Wildman–Crippen LogP) is 2.04. The highest BCUT2D eigenvalue weighted by atomic mass is 16.2. The van der Waals surface area contributed by atoms with E-state index in [2.05, 4.69) is 6.92 Å². The summed E-state index contributed by atoms with van der Waals surface area (Å²) >= 11 is 0. The van der Waals surface area contributed by atoms with Gasteiger partial charge in [0, 0.05) is 19.9 Å². The van der Waals surface area contributed by atoms with Crippen LogP contribution in [0.5, 0.6) is 0 Å². The maximum Gasteiger partial charge on any atom is 0.225 e. The van der Waals surface area contributed by atoms with Gasteiger partial charge in [-0.1, -0.05) is 20.8 Å². The lowest BCUT2D eigenvalue weighted by molar-refractivity contribution is -0.135. The SMILES string of the molecule is [3H][C@@H]1CC[C@H](CC)N1C(=O)C(C)C. The molecule has 0 N–H and O–H groups in total. The van der Waals surface area contributed by atoms with Crippen molar-refractivity contribution >= 4 is 5.91 Å². The number of rotatable bonds is 2. The largest absolute Gasteiger partial charge is 0.340 e. The van der Waals surface area contributed by atoms with Crippen LogP contribution in [0.25, 0.3) is 0 Å². The van der Waals surface area contributed by atoms with Crippen LogP contribution in [0, 0.1) is 5.92 Å². The van der Waals surface area contributed by atoms with Gasteiger partial charge < -0.3 is 4.90 Å². The van der Waals surface area contributed by atoms with Crippen LogP contribution in [0.4, 0.5) is 0 Å². The van der Waals surface area contributed by atoms with E-state index in [1.54, 1.807) is 4.90 Å². The molecule has 1 amide bonds.